The number of fused-ring (bicyclic) bond motifs is 1. The maximum atomic E-state index is 13.0. The number of nitrogens with zero attached hydrogens (tertiary/aromatic N) is 4. The molecule has 1 aliphatic heterocycles. The predicted octanol–water partition coefficient (Wildman–Crippen LogP) is 2.15. The fraction of sp³-hybridized carbons (Fsp3) is 0.263. The van der Waals surface area contributed by atoms with Gasteiger partial charge in [-0.15, -0.1) is 0 Å². The molecule has 2 amide bonds. The average Bonchev–Trinajstić information content (AvgIpc) is 2.75. The highest BCUT2D eigenvalue weighted by Crippen LogP contribution is 2.31. The van der Waals surface area contributed by atoms with Crippen LogP contribution < -0.4 is 15.1 Å². The maximum absolute atomic E-state index is 13.0. The summed E-state index contributed by atoms with van der Waals surface area (Å²) in [5.74, 6) is 0.361. The van der Waals surface area contributed by atoms with Gasteiger partial charge in [0.05, 0.1) is 23.5 Å². The Bertz CT molecular complexity index is 872. The second-order valence-electron chi connectivity index (χ2n) is 6.26. The highest BCUT2D eigenvalue weighted by Gasteiger charge is 2.30. The minimum atomic E-state index is -0.256. The lowest BCUT2D eigenvalue weighted by molar-refractivity contribution is -0.118. The lowest BCUT2D eigenvalue weighted by Gasteiger charge is -2.30. The second-order valence-corrected chi connectivity index (χ2v) is 6.26. The summed E-state index contributed by atoms with van der Waals surface area (Å²) >= 11 is 0. The summed E-state index contributed by atoms with van der Waals surface area (Å²) in [5.41, 5.74) is 1.79. The Hall–Kier alpha value is -3.40. The van der Waals surface area contributed by atoms with Crippen molar-refractivity contribution in [2.24, 2.45) is 0 Å². The molecule has 0 saturated heterocycles. The quantitative estimate of drug-likeness (QED) is 0.917. The fourth-order valence-electron chi connectivity index (χ4n) is 3.01. The molecule has 132 valence electrons. The van der Waals surface area contributed by atoms with Crippen molar-refractivity contribution in [2.45, 2.75) is 19.4 Å². The third-order valence-electron chi connectivity index (χ3n) is 4.27. The monoisotopic (exact) mass is 349 g/mol. The summed E-state index contributed by atoms with van der Waals surface area (Å²) in [6.45, 7) is 1.96. The van der Waals surface area contributed by atoms with Gasteiger partial charge in [-0.2, -0.15) is 5.26 Å². The van der Waals surface area contributed by atoms with Gasteiger partial charge in [0.25, 0.3) is 0 Å². The highest BCUT2D eigenvalue weighted by molar-refractivity contribution is 6.05. The minimum Gasteiger partial charge on any atom is -0.350 e. The van der Waals surface area contributed by atoms with Crippen LogP contribution in [0.3, 0.4) is 0 Å². The molecule has 0 bridgehead atoms. The number of nitriles is 1. The van der Waals surface area contributed by atoms with E-state index in [0.717, 1.165) is 0 Å². The van der Waals surface area contributed by atoms with E-state index in [2.05, 4.69) is 10.3 Å². The lowest BCUT2D eigenvalue weighted by Crippen LogP contribution is -2.44. The summed E-state index contributed by atoms with van der Waals surface area (Å²) in [5, 5.41) is 11.7. The third kappa shape index (κ3) is 3.49. The van der Waals surface area contributed by atoms with E-state index in [4.69, 9.17) is 5.26 Å². The Morgan fingerprint density at radius 1 is 1.38 bits per heavy atom. The van der Waals surface area contributed by atoms with Gasteiger partial charge in [-0.05, 0) is 31.2 Å². The van der Waals surface area contributed by atoms with E-state index in [1.54, 1.807) is 35.0 Å². The van der Waals surface area contributed by atoms with E-state index in [-0.39, 0.29) is 30.8 Å². The maximum Gasteiger partial charge on any atom is 0.246 e. The number of aromatic nitrogens is 1. The first-order valence-electron chi connectivity index (χ1n) is 8.28. The highest BCUT2D eigenvalue weighted by atomic mass is 16.2. The van der Waals surface area contributed by atoms with Crippen LogP contribution in [0.4, 0.5) is 17.2 Å². The number of amides is 2. The van der Waals surface area contributed by atoms with Crippen molar-refractivity contribution in [2.75, 3.05) is 28.7 Å². The number of nitrogens with one attached hydrogen (secondary N) is 1. The van der Waals surface area contributed by atoms with E-state index < -0.39 is 0 Å². The Morgan fingerprint density at radius 2 is 2.15 bits per heavy atom. The molecule has 0 saturated carbocycles. The summed E-state index contributed by atoms with van der Waals surface area (Å²) in [4.78, 5) is 32.6. The third-order valence-corrected chi connectivity index (χ3v) is 4.27. The summed E-state index contributed by atoms with van der Waals surface area (Å²) in [6.07, 6.45) is 1.71. The molecule has 26 heavy (non-hydrogen) atoms. The molecule has 3 rings (SSSR count). The van der Waals surface area contributed by atoms with Gasteiger partial charge >= 0.3 is 0 Å². The number of hydrogen-bond donors (Lipinski definition) is 1. The number of benzene rings is 1. The topological polar surface area (TPSA) is 89.3 Å². The number of carbonyl (C=O) groups is 2. The number of rotatable bonds is 3. The fourth-order valence-corrected chi connectivity index (χ4v) is 3.01. The summed E-state index contributed by atoms with van der Waals surface area (Å²) in [6, 6.07) is 12.4. The zero-order valence-corrected chi connectivity index (χ0v) is 14.6. The number of pyridine rings is 1. The molecular formula is C19H19N5O2. The zero-order valence-electron chi connectivity index (χ0n) is 14.6. The first kappa shape index (κ1) is 17.4. The SMILES string of the molecule is CC1CC(=O)Nc2ccccc2N1C(=O)CN(C)c1ccc(C#N)cn1. The van der Waals surface area contributed by atoms with Crippen LogP contribution in [0.5, 0.6) is 0 Å². The van der Waals surface area contributed by atoms with E-state index in [1.165, 1.54) is 6.20 Å². The normalized spacial score (nSPS) is 16.1. The van der Waals surface area contributed by atoms with Gasteiger partial charge in [0.1, 0.15) is 11.9 Å². The number of para-hydroxylation sites is 2. The Labute approximate surface area is 151 Å². The molecule has 1 aromatic carbocycles. The molecule has 1 unspecified atom stereocenters. The Balaban J connectivity index is 1.83. The van der Waals surface area contributed by atoms with Crippen molar-refractivity contribution in [3.05, 3.63) is 48.2 Å². The molecule has 2 heterocycles. The standard InChI is InChI=1S/C19H19N5O2/c1-13-9-18(25)22-15-5-3-4-6-16(15)24(13)19(26)12-23(2)17-8-7-14(10-20)11-21-17/h3-8,11,13H,9,12H2,1-2H3,(H,22,25). The first-order chi connectivity index (χ1) is 12.5. The molecule has 7 nitrogen and oxygen atoms in total. The molecule has 1 aliphatic rings. The molecule has 1 N–H and O–H groups in total. The molecule has 7 heteroatoms. The molecule has 1 aromatic heterocycles. The predicted molar refractivity (Wildman–Crippen MR) is 98.9 cm³/mol. The second kappa shape index (κ2) is 7.23. The van der Waals surface area contributed by atoms with Crippen LogP contribution in [0.25, 0.3) is 0 Å². The van der Waals surface area contributed by atoms with Crippen LogP contribution in [0.2, 0.25) is 0 Å². The van der Waals surface area contributed by atoms with E-state index >= 15 is 0 Å². The number of likely N-dealkylation sites (N-methyl/N-ethyl adjacent to an activating group) is 1. The van der Waals surface area contributed by atoms with E-state index in [1.807, 2.05) is 31.2 Å². The van der Waals surface area contributed by atoms with Gasteiger partial charge < -0.3 is 15.1 Å². The van der Waals surface area contributed by atoms with Crippen LogP contribution in [0, 0.1) is 11.3 Å². The van der Waals surface area contributed by atoms with Crippen molar-refractivity contribution in [3.8, 4) is 6.07 Å². The summed E-state index contributed by atoms with van der Waals surface area (Å²) < 4.78 is 0. The van der Waals surface area contributed by atoms with Gasteiger partial charge in [-0.1, -0.05) is 12.1 Å². The molecule has 0 fully saturated rings. The van der Waals surface area contributed by atoms with Crippen LogP contribution in [0.1, 0.15) is 18.9 Å². The largest absolute Gasteiger partial charge is 0.350 e. The lowest BCUT2D eigenvalue weighted by atomic mass is 10.1. The van der Waals surface area contributed by atoms with Crippen LogP contribution in [0.15, 0.2) is 42.6 Å². The summed E-state index contributed by atoms with van der Waals surface area (Å²) in [7, 11) is 1.77. The molecule has 2 aromatic rings. The van der Waals surface area contributed by atoms with Crippen LogP contribution in [-0.2, 0) is 9.59 Å². The van der Waals surface area contributed by atoms with Gasteiger partial charge in [0, 0.05) is 25.7 Å². The molecular weight excluding hydrogens is 330 g/mol. The van der Waals surface area contributed by atoms with Crippen molar-refractivity contribution in [1.82, 2.24) is 4.98 Å². The van der Waals surface area contributed by atoms with Crippen molar-refractivity contribution < 1.29 is 9.59 Å². The van der Waals surface area contributed by atoms with Crippen LogP contribution >= 0.6 is 0 Å². The molecule has 0 spiro atoms. The zero-order chi connectivity index (χ0) is 18.7. The van der Waals surface area contributed by atoms with Crippen molar-refractivity contribution in [3.63, 3.8) is 0 Å². The van der Waals surface area contributed by atoms with Crippen LogP contribution in [-0.4, -0.2) is 36.4 Å². The van der Waals surface area contributed by atoms with Gasteiger partial charge in [-0.3, -0.25) is 9.59 Å². The van der Waals surface area contributed by atoms with E-state index in [9.17, 15) is 9.59 Å². The molecule has 0 radical (unpaired) electrons. The van der Waals surface area contributed by atoms with E-state index in [0.29, 0.717) is 22.8 Å². The first-order valence-corrected chi connectivity index (χ1v) is 8.28. The Kier molecular flexibility index (Phi) is 4.85. The van der Waals surface area contributed by atoms with Gasteiger partial charge in [0.2, 0.25) is 11.8 Å². The average molecular weight is 349 g/mol. The number of hydrogen-bond acceptors (Lipinski definition) is 5. The van der Waals surface area contributed by atoms with Crippen molar-refractivity contribution >= 4 is 29.0 Å². The number of anilines is 3. The van der Waals surface area contributed by atoms with Crippen molar-refractivity contribution in [1.29, 1.82) is 5.26 Å². The van der Waals surface area contributed by atoms with Gasteiger partial charge in [0.15, 0.2) is 0 Å². The minimum absolute atomic E-state index is 0.103. The Morgan fingerprint density at radius 3 is 2.85 bits per heavy atom. The molecule has 1 atom stereocenters. The smallest absolute Gasteiger partial charge is 0.246 e. The number of carbonyl (C=O) groups excluding carboxylic acids is 2. The molecule has 0 aliphatic carbocycles. The van der Waals surface area contributed by atoms with Gasteiger partial charge in [-0.25, -0.2) is 4.98 Å².